The maximum Gasteiger partial charge on any atom is 0.342 e. The summed E-state index contributed by atoms with van der Waals surface area (Å²) in [5, 5.41) is 4.25. The van der Waals surface area contributed by atoms with Gasteiger partial charge in [0.2, 0.25) is 0 Å². The van der Waals surface area contributed by atoms with Crippen LogP contribution in [-0.2, 0) is 57.9 Å². The van der Waals surface area contributed by atoms with Crippen molar-refractivity contribution in [3.05, 3.63) is 0 Å². The minimum absolute atomic E-state index is 0.0737. The highest BCUT2D eigenvalue weighted by atomic mass is 17.2. The van der Waals surface area contributed by atoms with Crippen LogP contribution in [0.15, 0.2) is 0 Å². The molecule has 0 aromatic rings. The molecule has 0 aromatic carbocycles. The number of ether oxygens (including phenoxy) is 2. The van der Waals surface area contributed by atoms with Gasteiger partial charge in [-0.15, -0.1) is 0 Å². The lowest BCUT2D eigenvalue weighted by atomic mass is 9.79. The fraction of sp³-hybridized carbons (Fsp3) is 0.938. The van der Waals surface area contributed by atoms with Crippen molar-refractivity contribution in [2.75, 3.05) is 26.4 Å². The lowest BCUT2D eigenvalue weighted by molar-refractivity contribution is -0.304. The van der Waals surface area contributed by atoms with Crippen LogP contribution in [0.4, 0.5) is 0 Å². The Hall–Kier alpha value is -2.36. The van der Waals surface area contributed by atoms with E-state index in [1.165, 1.54) is 116 Å². The monoisotopic (exact) mass is 1110 g/mol. The second-order valence-electron chi connectivity index (χ2n) is 25.0. The number of carbonyl (C=O) groups is 4. The summed E-state index contributed by atoms with van der Waals surface area (Å²) in [7, 11) is 0. The van der Waals surface area contributed by atoms with E-state index < -0.39 is 11.9 Å². The van der Waals surface area contributed by atoms with Gasteiger partial charge in [0.25, 0.3) is 0 Å². The number of esters is 2. The Bertz CT molecular complexity index is 1410. The molecule has 2 heterocycles. The van der Waals surface area contributed by atoms with Gasteiger partial charge in [-0.1, -0.05) is 182 Å². The highest BCUT2D eigenvalue weighted by molar-refractivity contribution is 5.77. The van der Waals surface area contributed by atoms with Gasteiger partial charge in [0, 0.05) is 23.9 Å². The van der Waals surface area contributed by atoms with E-state index >= 15 is 0 Å². The highest BCUT2D eigenvalue weighted by Gasteiger charge is 2.51. The van der Waals surface area contributed by atoms with Gasteiger partial charge in [-0.25, -0.2) is 9.59 Å². The van der Waals surface area contributed by atoms with Crippen LogP contribution in [0, 0.1) is 0 Å². The number of nitrogens with zero attached hydrogens (tertiary/aromatic N) is 2. The Kier molecular flexibility index (Phi) is 41.8. The Morgan fingerprint density at radius 1 is 0.346 bits per heavy atom. The maximum absolute atomic E-state index is 12.9. The fourth-order valence-corrected chi connectivity index (χ4v) is 10.9. The molecule has 2 aliphatic rings. The van der Waals surface area contributed by atoms with Crippen LogP contribution in [0.3, 0.4) is 0 Å². The Labute approximate surface area is 478 Å². The maximum atomic E-state index is 12.9. The van der Waals surface area contributed by atoms with Gasteiger partial charge in [0.1, 0.15) is 12.2 Å². The van der Waals surface area contributed by atoms with Gasteiger partial charge >= 0.3 is 23.9 Å². The summed E-state index contributed by atoms with van der Waals surface area (Å²) in [6, 6.07) is 0. The van der Waals surface area contributed by atoms with Crippen molar-refractivity contribution in [1.29, 1.82) is 0 Å². The first-order valence-corrected chi connectivity index (χ1v) is 32.2. The predicted molar refractivity (Wildman–Crippen MR) is 314 cm³/mol. The molecule has 0 aliphatic carbocycles. The van der Waals surface area contributed by atoms with Crippen LogP contribution < -0.4 is 0 Å². The van der Waals surface area contributed by atoms with E-state index in [4.69, 9.17) is 28.9 Å². The molecule has 0 N–H and O–H groups in total. The molecule has 14 nitrogen and oxygen atoms in total. The van der Waals surface area contributed by atoms with Crippen molar-refractivity contribution in [2.45, 2.75) is 361 Å². The molecule has 2 aliphatic heterocycles. The van der Waals surface area contributed by atoms with Gasteiger partial charge in [-0.2, -0.15) is 19.9 Å². The zero-order valence-corrected chi connectivity index (χ0v) is 52.6. The topological polar surface area (TPSA) is 149 Å². The number of carbonyl (C=O) groups excluding carboxylic acids is 4. The van der Waals surface area contributed by atoms with Crippen molar-refractivity contribution in [1.82, 2.24) is 10.1 Å². The molecule has 460 valence electrons. The molecule has 2 atom stereocenters. The smallest absolute Gasteiger partial charge is 0.342 e. The molecule has 0 bridgehead atoms. The zero-order valence-electron chi connectivity index (χ0n) is 52.6. The van der Waals surface area contributed by atoms with Crippen molar-refractivity contribution in [2.24, 2.45) is 0 Å². The zero-order chi connectivity index (χ0) is 58.0. The molecular weight excluding hydrogens is 989 g/mol. The van der Waals surface area contributed by atoms with Crippen LogP contribution >= 0.6 is 0 Å². The van der Waals surface area contributed by atoms with Crippen molar-refractivity contribution in [3.63, 3.8) is 0 Å². The van der Waals surface area contributed by atoms with Crippen molar-refractivity contribution >= 4 is 23.9 Å². The average Bonchev–Trinajstić information content (AvgIpc) is 3.39. The minimum atomic E-state index is -0.566. The third-order valence-corrected chi connectivity index (χ3v) is 15.8. The summed E-state index contributed by atoms with van der Waals surface area (Å²) in [6.45, 7) is 28.6. The summed E-state index contributed by atoms with van der Waals surface area (Å²) < 4.78 is 12.2. The molecular formula is C64H122N2O12. The molecule has 0 radical (unpaired) electrons. The molecule has 2 fully saturated rings. The molecule has 0 spiro atoms. The van der Waals surface area contributed by atoms with Crippen LogP contribution in [0.1, 0.15) is 327 Å². The Morgan fingerprint density at radius 3 is 0.923 bits per heavy atom. The van der Waals surface area contributed by atoms with Crippen molar-refractivity contribution in [3.8, 4) is 0 Å². The average molecular weight is 1110 g/mol. The van der Waals surface area contributed by atoms with E-state index in [1.807, 2.05) is 0 Å². The first-order chi connectivity index (χ1) is 37.3. The number of unbranched alkanes of at least 4 members (excludes halogenated alkanes) is 25. The minimum Gasteiger partial charge on any atom is -0.460 e. The van der Waals surface area contributed by atoms with Gasteiger partial charge in [-0.3, -0.25) is 29.0 Å². The molecule has 0 amide bonds. The van der Waals surface area contributed by atoms with Gasteiger partial charge < -0.3 is 9.47 Å². The second-order valence-corrected chi connectivity index (χ2v) is 25.0. The number of piperidine rings is 2. The van der Waals surface area contributed by atoms with Crippen LogP contribution in [0.5, 0.6) is 0 Å². The molecule has 14 heteroatoms. The molecule has 2 saturated heterocycles. The third-order valence-electron chi connectivity index (χ3n) is 15.8. The fourth-order valence-electron chi connectivity index (χ4n) is 10.9. The summed E-state index contributed by atoms with van der Waals surface area (Å²) in [6.07, 6.45) is 38.2. The van der Waals surface area contributed by atoms with Gasteiger partial charge in [0.15, 0.2) is 0 Å². The third kappa shape index (κ3) is 33.5. The first kappa shape index (κ1) is 73.7. The Balaban J connectivity index is 0.000000982. The van der Waals surface area contributed by atoms with E-state index in [0.717, 1.165) is 103 Å². The van der Waals surface area contributed by atoms with E-state index in [9.17, 15) is 19.2 Å². The molecule has 0 aromatic heterocycles. The SMILES string of the molecule is CCCCCCCCON1C(C)(C)CCC(OC(=O)CCCCCCCCC(=O)OC2CCC(C)(C)N(OCCCCCCCC)C2(C)C)C1(C)C.CCCCCCCCOOC(=O)CCC(=O)OOCCCCCCCC. The standard InChI is InChI=1S/C44H84N2O6.C20H38O6/c1-11-13-15-17-23-27-35-49-45-41(3,4)33-31-37(43(45,7)8)51-39(47)29-25-21-19-20-22-26-30-40(48)52-38-32-34-42(5,6)46(44(38,9)10)50-36-28-24-18-16-14-12-2;1-3-5-7-9-11-13-17-23-25-19(21)15-16-20(22)26-24-18-14-12-10-8-6-4-2/h37-38H,11-36H2,1-10H3;3-18H2,1-2H3. The lowest BCUT2D eigenvalue weighted by Gasteiger charge is -2.54. The van der Waals surface area contributed by atoms with Crippen LogP contribution in [-0.4, -0.2) is 94.8 Å². The normalized spacial score (nSPS) is 18.7. The van der Waals surface area contributed by atoms with E-state index in [0.29, 0.717) is 39.3 Å². The molecule has 2 rings (SSSR count). The Morgan fingerprint density at radius 2 is 0.615 bits per heavy atom. The molecule has 78 heavy (non-hydrogen) atoms. The number of hydrogen-bond acceptors (Lipinski definition) is 14. The number of hydroxylamine groups is 4. The summed E-state index contributed by atoms with van der Waals surface area (Å²) in [5.74, 6) is -1.33. The van der Waals surface area contributed by atoms with E-state index in [2.05, 4.69) is 103 Å². The van der Waals surface area contributed by atoms with E-state index in [1.54, 1.807) is 0 Å². The van der Waals surface area contributed by atoms with Gasteiger partial charge in [0.05, 0.1) is 50.3 Å². The summed E-state index contributed by atoms with van der Waals surface area (Å²) in [4.78, 5) is 80.4. The van der Waals surface area contributed by atoms with Crippen molar-refractivity contribution < 1.29 is 57.9 Å². The molecule has 0 saturated carbocycles. The summed E-state index contributed by atoms with van der Waals surface area (Å²) >= 11 is 0. The van der Waals surface area contributed by atoms with Crippen LogP contribution in [0.25, 0.3) is 0 Å². The molecule has 2 unspecified atom stereocenters. The largest absolute Gasteiger partial charge is 0.460 e. The predicted octanol–water partition coefficient (Wildman–Crippen LogP) is 17.3. The van der Waals surface area contributed by atoms with E-state index in [-0.39, 0.29) is 59.1 Å². The number of hydrogen-bond donors (Lipinski definition) is 0. The van der Waals surface area contributed by atoms with Gasteiger partial charge in [-0.05, 0) is 120 Å². The second kappa shape index (κ2) is 44.3. The highest BCUT2D eigenvalue weighted by Crippen LogP contribution is 2.42. The first-order valence-electron chi connectivity index (χ1n) is 32.2. The quantitative estimate of drug-likeness (QED) is 0.0246. The number of rotatable bonds is 46. The van der Waals surface area contributed by atoms with Crippen LogP contribution in [0.2, 0.25) is 0 Å². The lowest BCUT2D eigenvalue weighted by Crippen LogP contribution is -2.65. The summed E-state index contributed by atoms with van der Waals surface area (Å²) in [5.41, 5.74) is -0.968.